The van der Waals surface area contributed by atoms with Crippen LogP contribution in [0.4, 0.5) is 0 Å². The third-order valence-corrected chi connectivity index (χ3v) is 5.19. The van der Waals surface area contributed by atoms with Gasteiger partial charge < -0.3 is 4.90 Å². The van der Waals surface area contributed by atoms with Crippen molar-refractivity contribution in [2.24, 2.45) is 5.92 Å². The molecule has 3 rings (SSSR count). The summed E-state index contributed by atoms with van der Waals surface area (Å²) >= 11 is 5.99. The molecule has 0 N–H and O–H groups in total. The zero-order valence-corrected chi connectivity index (χ0v) is 13.8. The zero-order valence-electron chi connectivity index (χ0n) is 13.0. The summed E-state index contributed by atoms with van der Waals surface area (Å²) in [5.41, 5.74) is 1.31. The van der Waals surface area contributed by atoms with Crippen LogP contribution >= 0.6 is 11.6 Å². The molecule has 0 radical (unpaired) electrons. The molecule has 1 aromatic rings. The van der Waals surface area contributed by atoms with Crippen molar-refractivity contribution in [3.05, 3.63) is 47.0 Å². The van der Waals surface area contributed by atoms with E-state index in [1.165, 1.54) is 12.0 Å². The predicted molar refractivity (Wildman–Crippen MR) is 91.1 cm³/mol. The molecule has 2 nitrogen and oxygen atoms in total. The smallest absolute Gasteiger partial charge is 0.226 e. The second kappa shape index (κ2) is 7.32. The van der Waals surface area contributed by atoms with E-state index in [1.54, 1.807) is 0 Å². The summed E-state index contributed by atoms with van der Waals surface area (Å²) in [6.45, 7) is 1.78. The molecule has 1 aliphatic heterocycles. The van der Waals surface area contributed by atoms with E-state index in [-0.39, 0.29) is 5.92 Å². The first-order valence-corrected chi connectivity index (χ1v) is 8.81. The minimum atomic E-state index is 0.203. The molecule has 118 valence electrons. The van der Waals surface area contributed by atoms with Crippen molar-refractivity contribution in [2.75, 3.05) is 13.1 Å². The van der Waals surface area contributed by atoms with Crippen LogP contribution in [0.15, 0.2) is 36.4 Å². The Balaban J connectivity index is 1.70. The van der Waals surface area contributed by atoms with E-state index in [0.29, 0.717) is 11.8 Å². The SMILES string of the molecule is O=C(C1CC=CCC1)N1CCCCC(c2ccc(Cl)cc2)C1. The number of carbonyl (C=O) groups is 1. The Labute approximate surface area is 138 Å². The summed E-state index contributed by atoms with van der Waals surface area (Å²) in [6.07, 6.45) is 10.8. The van der Waals surface area contributed by atoms with Crippen LogP contribution in [0.1, 0.15) is 50.0 Å². The fourth-order valence-corrected chi connectivity index (χ4v) is 3.75. The molecule has 0 spiro atoms. The van der Waals surface area contributed by atoms with Gasteiger partial charge in [-0.3, -0.25) is 4.79 Å². The normalized spacial score (nSPS) is 25.8. The molecule has 0 aromatic heterocycles. The summed E-state index contributed by atoms with van der Waals surface area (Å²) in [7, 11) is 0. The maximum atomic E-state index is 12.8. The first-order valence-electron chi connectivity index (χ1n) is 8.43. The van der Waals surface area contributed by atoms with Crippen LogP contribution < -0.4 is 0 Å². The number of carbonyl (C=O) groups excluding carboxylic acids is 1. The first-order chi connectivity index (χ1) is 10.7. The summed E-state index contributed by atoms with van der Waals surface area (Å²) in [5, 5.41) is 0.777. The maximum absolute atomic E-state index is 12.8. The number of likely N-dealkylation sites (tertiary alicyclic amines) is 1. The van der Waals surface area contributed by atoms with Crippen molar-refractivity contribution in [2.45, 2.75) is 44.4 Å². The van der Waals surface area contributed by atoms with Crippen LogP contribution in [0.3, 0.4) is 0 Å². The lowest BCUT2D eigenvalue weighted by Gasteiger charge is -2.29. The van der Waals surface area contributed by atoms with Gasteiger partial charge in [-0.05, 0) is 49.8 Å². The van der Waals surface area contributed by atoms with Crippen molar-refractivity contribution in [3.63, 3.8) is 0 Å². The number of benzene rings is 1. The van der Waals surface area contributed by atoms with Crippen LogP contribution in [0, 0.1) is 5.92 Å². The third kappa shape index (κ3) is 3.73. The summed E-state index contributed by atoms with van der Waals surface area (Å²) in [4.78, 5) is 14.9. The van der Waals surface area contributed by atoms with E-state index >= 15 is 0 Å². The van der Waals surface area contributed by atoms with E-state index in [2.05, 4.69) is 29.2 Å². The molecule has 1 aliphatic carbocycles. The topological polar surface area (TPSA) is 20.3 Å². The molecule has 0 saturated carbocycles. The van der Waals surface area contributed by atoms with Gasteiger partial charge in [-0.2, -0.15) is 0 Å². The van der Waals surface area contributed by atoms with Crippen LogP contribution in [-0.4, -0.2) is 23.9 Å². The Kier molecular flexibility index (Phi) is 5.20. The highest BCUT2D eigenvalue weighted by Crippen LogP contribution is 2.29. The van der Waals surface area contributed by atoms with Crippen LogP contribution in [-0.2, 0) is 4.79 Å². The molecular weight excluding hydrogens is 294 g/mol. The van der Waals surface area contributed by atoms with Crippen molar-refractivity contribution >= 4 is 17.5 Å². The largest absolute Gasteiger partial charge is 0.342 e. The lowest BCUT2D eigenvalue weighted by atomic mass is 9.91. The Morgan fingerprint density at radius 1 is 1.09 bits per heavy atom. The molecule has 2 unspecified atom stereocenters. The third-order valence-electron chi connectivity index (χ3n) is 4.94. The minimum Gasteiger partial charge on any atom is -0.342 e. The Hall–Kier alpha value is -1.28. The predicted octanol–water partition coefficient (Wildman–Crippen LogP) is 4.79. The molecule has 1 heterocycles. The molecule has 2 atom stereocenters. The van der Waals surface area contributed by atoms with Gasteiger partial charge in [0.1, 0.15) is 0 Å². The number of allylic oxidation sites excluding steroid dienone is 2. The van der Waals surface area contributed by atoms with Crippen LogP contribution in [0.5, 0.6) is 0 Å². The highest BCUT2D eigenvalue weighted by molar-refractivity contribution is 6.30. The van der Waals surface area contributed by atoms with E-state index < -0.39 is 0 Å². The summed E-state index contributed by atoms with van der Waals surface area (Å²) in [5.74, 6) is 1.02. The fraction of sp³-hybridized carbons (Fsp3) is 0.526. The van der Waals surface area contributed by atoms with Gasteiger partial charge in [0.2, 0.25) is 5.91 Å². The fourth-order valence-electron chi connectivity index (χ4n) is 3.63. The number of rotatable bonds is 2. The van der Waals surface area contributed by atoms with Crippen LogP contribution in [0.2, 0.25) is 5.02 Å². The Morgan fingerprint density at radius 2 is 1.91 bits per heavy atom. The molecule has 1 saturated heterocycles. The standard InChI is InChI=1S/C19H24ClNO/c20-18-11-9-15(10-12-18)17-8-4-5-13-21(14-17)19(22)16-6-2-1-3-7-16/h1-2,9-12,16-17H,3-8,13-14H2. The average molecular weight is 318 g/mol. The molecule has 1 amide bonds. The van der Waals surface area contributed by atoms with Gasteiger partial charge in [0.05, 0.1) is 0 Å². The van der Waals surface area contributed by atoms with Crippen molar-refractivity contribution in [1.29, 1.82) is 0 Å². The van der Waals surface area contributed by atoms with Gasteiger partial charge in [0.15, 0.2) is 0 Å². The number of nitrogens with zero attached hydrogens (tertiary/aromatic N) is 1. The number of halogens is 1. The van der Waals surface area contributed by atoms with Gasteiger partial charge in [-0.1, -0.05) is 42.3 Å². The molecule has 1 fully saturated rings. The number of amides is 1. The minimum absolute atomic E-state index is 0.203. The molecular formula is C19H24ClNO. The molecule has 1 aromatic carbocycles. The average Bonchev–Trinajstić information content (AvgIpc) is 2.82. The molecule has 3 heteroatoms. The monoisotopic (exact) mass is 317 g/mol. The second-order valence-corrected chi connectivity index (χ2v) is 6.95. The number of hydrogen-bond donors (Lipinski definition) is 0. The highest BCUT2D eigenvalue weighted by atomic mass is 35.5. The lowest BCUT2D eigenvalue weighted by Crippen LogP contribution is -2.38. The molecule has 2 aliphatic rings. The quantitative estimate of drug-likeness (QED) is 0.718. The van der Waals surface area contributed by atoms with Crippen molar-refractivity contribution in [3.8, 4) is 0 Å². The Bertz CT molecular complexity index is 537. The van der Waals surface area contributed by atoms with Gasteiger partial charge >= 0.3 is 0 Å². The zero-order chi connectivity index (χ0) is 15.4. The maximum Gasteiger partial charge on any atom is 0.226 e. The van der Waals surface area contributed by atoms with Gasteiger partial charge in [0.25, 0.3) is 0 Å². The number of hydrogen-bond acceptors (Lipinski definition) is 1. The summed E-state index contributed by atoms with van der Waals surface area (Å²) in [6, 6.07) is 8.15. The molecule has 0 bridgehead atoms. The van der Waals surface area contributed by atoms with E-state index in [9.17, 15) is 4.79 Å². The Morgan fingerprint density at radius 3 is 2.64 bits per heavy atom. The highest BCUT2D eigenvalue weighted by Gasteiger charge is 2.28. The first kappa shape index (κ1) is 15.6. The van der Waals surface area contributed by atoms with E-state index in [0.717, 1.165) is 50.2 Å². The van der Waals surface area contributed by atoms with E-state index in [4.69, 9.17) is 11.6 Å². The lowest BCUT2D eigenvalue weighted by molar-refractivity contribution is -0.135. The van der Waals surface area contributed by atoms with E-state index in [1.807, 2.05) is 12.1 Å². The summed E-state index contributed by atoms with van der Waals surface area (Å²) < 4.78 is 0. The van der Waals surface area contributed by atoms with Gasteiger partial charge in [-0.15, -0.1) is 0 Å². The van der Waals surface area contributed by atoms with Crippen LogP contribution in [0.25, 0.3) is 0 Å². The second-order valence-electron chi connectivity index (χ2n) is 6.51. The van der Waals surface area contributed by atoms with Gasteiger partial charge in [-0.25, -0.2) is 0 Å². The van der Waals surface area contributed by atoms with Gasteiger partial charge in [0, 0.05) is 29.9 Å². The van der Waals surface area contributed by atoms with Crippen molar-refractivity contribution in [1.82, 2.24) is 4.90 Å². The van der Waals surface area contributed by atoms with Crippen molar-refractivity contribution < 1.29 is 4.79 Å². The molecule has 22 heavy (non-hydrogen) atoms.